The molecule has 1 aliphatic heterocycles. The van der Waals surface area contributed by atoms with Crippen LogP contribution in [-0.4, -0.2) is 33.8 Å². The van der Waals surface area contributed by atoms with Crippen molar-refractivity contribution < 1.29 is 4.79 Å². The maximum absolute atomic E-state index is 11.8. The lowest BCUT2D eigenvalue weighted by Gasteiger charge is -2.23. The molecule has 98 valence electrons. The highest BCUT2D eigenvalue weighted by molar-refractivity contribution is 8.23. The highest BCUT2D eigenvalue weighted by Gasteiger charge is 2.22. The van der Waals surface area contributed by atoms with Gasteiger partial charge in [0, 0.05) is 18.5 Å². The molecule has 1 rings (SSSR count). The van der Waals surface area contributed by atoms with E-state index in [1.165, 1.54) is 37.4 Å². The molecule has 0 aliphatic carbocycles. The number of Topliss-reactive ketones (excluding diaryl/α,β-unsaturated/α-hetero) is 1. The summed E-state index contributed by atoms with van der Waals surface area (Å²) in [6, 6.07) is 0. The quantitative estimate of drug-likeness (QED) is 0.717. The largest absolute Gasteiger partial charge is 0.358 e. The second kappa shape index (κ2) is 6.74. The van der Waals surface area contributed by atoms with Crippen LogP contribution in [-0.2, 0) is 4.79 Å². The van der Waals surface area contributed by atoms with Crippen LogP contribution in [0.2, 0.25) is 0 Å². The Morgan fingerprint density at radius 3 is 2.18 bits per heavy atom. The zero-order valence-corrected chi connectivity index (χ0v) is 12.8. The summed E-state index contributed by atoms with van der Waals surface area (Å²) in [6.45, 7) is 8.02. The molecule has 0 amide bonds. The molecule has 0 atom stereocenters. The average Bonchev–Trinajstić information content (AvgIpc) is 2.52. The molecule has 0 aromatic carbocycles. The minimum absolute atomic E-state index is 0.249. The summed E-state index contributed by atoms with van der Waals surface area (Å²) >= 11 is 6.95. The van der Waals surface area contributed by atoms with E-state index in [4.69, 9.17) is 12.2 Å². The van der Waals surface area contributed by atoms with E-state index in [1.807, 2.05) is 20.8 Å². The van der Waals surface area contributed by atoms with Gasteiger partial charge in [0.15, 0.2) is 0 Å². The minimum atomic E-state index is -0.249. The van der Waals surface area contributed by atoms with Crippen molar-refractivity contribution in [1.82, 2.24) is 4.90 Å². The second-order valence-corrected chi connectivity index (χ2v) is 7.24. The SMILES string of the molecule is CC(C)(C)C(=O)CSC(=S)N1CCCCCC1. The molecule has 17 heavy (non-hydrogen) atoms. The molecule has 0 radical (unpaired) electrons. The van der Waals surface area contributed by atoms with Crippen molar-refractivity contribution in [3.05, 3.63) is 0 Å². The number of hydrogen-bond donors (Lipinski definition) is 0. The van der Waals surface area contributed by atoms with Gasteiger partial charge in [0.05, 0.1) is 5.75 Å². The molecule has 0 saturated carbocycles. The molecule has 0 N–H and O–H groups in total. The summed E-state index contributed by atoms with van der Waals surface area (Å²) in [4.78, 5) is 14.1. The molecule has 1 heterocycles. The summed E-state index contributed by atoms with van der Waals surface area (Å²) in [6.07, 6.45) is 5.08. The third-order valence-corrected chi connectivity index (χ3v) is 4.55. The number of hydrogen-bond acceptors (Lipinski definition) is 3. The van der Waals surface area contributed by atoms with Crippen molar-refractivity contribution in [3.63, 3.8) is 0 Å². The Balaban J connectivity index is 2.36. The number of thiocarbonyl (C=S) groups is 1. The van der Waals surface area contributed by atoms with Gasteiger partial charge in [-0.3, -0.25) is 4.79 Å². The highest BCUT2D eigenvalue weighted by Crippen LogP contribution is 2.21. The van der Waals surface area contributed by atoms with E-state index in [0.717, 1.165) is 17.4 Å². The Bertz CT molecular complexity index is 276. The number of rotatable bonds is 2. The molecular formula is C13H23NOS2. The summed E-state index contributed by atoms with van der Waals surface area (Å²) in [5, 5.41) is 0. The van der Waals surface area contributed by atoms with E-state index in [9.17, 15) is 4.79 Å². The standard InChI is InChI=1S/C13H23NOS2/c1-13(2,3)11(15)10-17-12(16)14-8-6-4-5-7-9-14/h4-10H2,1-3H3. The van der Waals surface area contributed by atoms with Crippen LogP contribution in [0, 0.1) is 5.41 Å². The number of nitrogens with zero attached hydrogens (tertiary/aromatic N) is 1. The van der Waals surface area contributed by atoms with Crippen molar-refractivity contribution in [2.45, 2.75) is 46.5 Å². The molecule has 1 fully saturated rings. The lowest BCUT2D eigenvalue weighted by atomic mass is 9.92. The minimum Gasteiger partial charge on any atom is -0.358 e. The second-order valence-electron chi connectivity index (χ2n) is 5.63. The lowest BCUT2D eigenvalue weighted by Crippen LogP contribution is -2.30. The van der Waals surface area contributed by atoms with E-state index in [-0.39, 0.29) is 11.2 Å². The predicted molar refractivity (Wildman–Crippen MR) is 79.6 cm³/mol. The summed E-state index contributed by atoms with van der Waals surface area (Å²) < 4.78 is 0.907. The number of likely N-dealkylation sites (tertiary alicyclic amines) is 1. The highest BCUT2D eigenvalue weighted by atomic mass is 32.2. The Morgan fingerprint density at radius 2 is 1.71 bits per heavy atom. The zero-order valence-electron chi connectivity index (χ0n) is 11.1. The fourth-order valence-electron chi connectivity index (χ4n) is 1.69. The number of ketones is 1. The monoisotopic (exact) mass is 273 g/mol. The first-order valence-electron chi connectivity index (χ1n) is 6.36. The molecule has 4 heteroatoms. The van der Waals surface area contributed by atoms with Gasteiger partial charge in [0.25, 0.3) is 0 Å². The van der Waals surface area contributed by atoms with Crippen LogP contribution in [0.25, 0.3) is 0 Å². The number of carbonyl (C=O) groups is 1. The van der Waals surface area contributed by atoms with E-state index < -0.39 is 0 Å². The Labute approximate surface area is 115 Å². The normalized spacial score (nSPS) is 17.7. The molecule has 0 bridgehead atoms. The summed E-state index contributed by atoms with van der Waals surface area (Å²) in [5.74, 6) is 0.790. The molecule has 2 nitrogen and oxygen atoms in total. The van der Waals surface area contributed by atoms with E-state index >= 15 is 0 Å². The topological polar surface area (TPSA) is 20.3 Å². The van der Waals surface area contributed by atoms with Crippen molar-refractivity contribution in [2.75, 3.05) is 18.8 Å². The van der Waals surface area contributed by atoms with Crippen molar-refractivity contribution in [2.24, 2.45) is 5.41 Å². The van der Waals surface area contributed by atoms with Gasteiger partial charge < -0.3 is 4.90 Å². The van der Waals surface area contributed by atoms with Crippen LogP contribution in [0.15, 0.2) is 0 Å². The first-order valence-corrected chi connectivity index (χ1v) is 7.75. The molecule has 1 saturated heterocycles. The lowest BCUT2D eigenvalue weighted by molar-refractivity contribution is -0.123. The fourth-order valence-corrected chi connectivity index (χ4v) is 3.10. The Hall–Kier alpha value is -0.0900. The van der Waals surface area contributed by atoms with E-state index in [0.29, 0.717) is 5.75 Å². The van der Waals surface area contributed by atoms with Crippen LogP contribution >= 0.6 is 24.0 Å². The third kappa shape index (κ3) is 5.38. The van der Waals surface area contributed by atoms with Crippen LogP contribution in [0.1, 0.15) is 46.5 Å². The molecular weight excluding hydrogens is 250 g/mol. The Kier molecular flexibility index (Phi) is 5.93. The van der Waals surface area contributed by atoms with Crippen molar-refractivity contribution in [3.8, 4) is 0 Å². The first kappa shape index (κ1) is 15.0. The van der Waals surface area contributed by atoms with E-state index in [2.05, 4.69) is 4.90 Å². The molecule has 0 unspecified atom stereocenters. The maximum Gasteiger partial charge on any atom is 0.148 e. The molecule has 1 aliphatic rings. The molecule has 0 aromatic heterocycles. The van der Waals surface area contributed by atoms with Gasteiger partial charge in [-0.05, 0) is 12.8 Å². The van der Waals surface area contributed by atoms with Gasteiger partial charge in [-0.15, -0.1) is 0 Å². The van der Waals surface area contributed by atoms with Crippen molar-refractivity contribution >= 4 is 34.1 Å². The van der Waals surface area contributed by atoms with Gasteiger partial charge in [0.1, 0.15) is 10.1 Å². The maximum atomic E-state index is 11.8. The molecule has 0 aromatic rings. The summed E-state index contributed by atoms with van der Waals surface area (Å²) in [7, 11) is 0. The average molecular weight is 273 g/mol. The van der Waals surface area contributed by atoms with Gasteiger partial charge in [-0.1, -0.05) is 57.6 Å². The number of thioether (sulfide) groups is 1. The smallest absolute Gasteiger partial charge is 0.148 e. The van der Waals surface area contributed by atoms with Gasteiger partial charge in [-0.2, -0.15) is 0 Å². The van der Waals surface area contributed by atoms with Crippen LogP contribution in [0.5, 0.6) is 0 Å². The summed E-state index contributed by atoms with van der Waals surface area (Å²) in [5.41, 5.74) is -0.249. The van der Waals surface area contributed by atoms with Crippen LogP contribution in [0.4, 0.5) is 0 Å². The van der Waals surface area contributed by atoms with Crippen LogP contribution < -0.4 is 0 Å². The van der Waals surface area contributed by atoms with Crippen LogP contribution in [0.3, 0.4) is 0 Å². The fraction of sp³-hybridized carbons (Fsp3) is 0.846. The first-order chi connectivity index (χ1) is 7.91. The Morgan fingerprint density at radius 1 is 1.18 bits per heavy atom. The third-order valence-electron chi connectivity index (χ3n) is 3.03. The van der Waals surface area contributed by atoms with E-state index in [1.54, 1.807) is 0 Å². The zero-order chi connectivity index (χ0) is 12.9. The van der Waals surface area contributed by atoms with Gasteiger partial charge >= 0.3 is 0 Å². The van der Waals surface area contributed by atoms with Gasteiger partial charge in [-0.25, -0.2) is 0 Å². The van der Waals surface area contributed by atoms with Crippen molar-refractivity contribution in [1.29, 1.82) is 0 Å². The number of carbonyl (C=O) groups excluding carboxylic acids is 1. The molecule has 0 spiro atoms. The van der Waals surface area contributed by atoms with Gasteiger partial charge in [0.2, 0.25) is 0 Å². The predicted octanol–water partition coefficient (Wildman–Crippen LogP) is 3.50.